The van der Waals surface area contributed by atoms with Crippen molar-refractivity contribution in [3.8, 4) is 0 Å². The van der Waals surface area contributed by atoms with Crippen LogP contribution in [0.1, 0.15) is 25.7 Å². The average molecular weight is 204 g/mol. The van der Waals surface area contributed by atoms with Crippen molar-refractivity contribution in [2.75, 3.05) is 12.3 Å². The molecule has 0 bridgehead atoms. The lowest BCUT2D eigenvalue weighted by Crippen LogP contribution is -2.37. The molecule has 0 radical (unpaired) electrons. The molecule has 2 aliphatic rings. The summed E-state index contributed by atoms with van der Waals surface area (Å²) in [5.74, 6) is 0.253. The first kappa shape index (κ1) is 9.43. The van der Waals surface area contributed by atoms with Crippen LogP contribution in [0.2, 0.25) is 0 Å². The monoisotopic (exact) mass is 204 g/mol. The molecule has 0 aromatic heterocycles. The van der Waals surface area contributed by atoms with Gasteiger partial charge >= 0.3 is 0 Å². The molecule has 1 saturated carbocycles. The van der Waals surface area contributed by atoms with E-state index in [1.54, 1.807) is 0 Å². The van der Waals surface area contributed by atoms with E-state index < -0.39 is 10.0 Å². The summed E-state index contributed by atoms with van der Waals surface area (Å²) in [4.78, 5) is 0. The van der Waals surface area contributed by atoms with Gasteiger partial charge in [0.1, 0.15) is 0 Å². The summed E-state index contributed by atoms with van der Waals surface area (Å²) in [6.07, 6.45) is 4.11. The molecular formula is C8H16N2O2S. The van der Waals surface area contributed by atoms with Gasteiger partial charge in [-0.05, 0) is 32.2 Å². The van der Waals surface area contributed by atoms with Gasteiger partial charge in [0.15, 0.2) is 0 Å². The van der Waals surface area contributed by atoms with E-state index in [2.05, 4.69) is 10.0 Å². The Labute approximate surface area is 79.1 Å². The molecule has 0 unspecified atom stereocenters. The second-order valence-electron chi connectivity index (χ2n) is 3.97. The summed E-state index contributed by atoms with van der Waals surface area (Å²) < 4.78 is 25.7. The van der Waals surface area contributed by atoms with Crippen LogP contribution in [0.3, 0.4) is 0 Å². The van der Waals surface area contributed by atoms with Crippen molar-refractivity contribution in [2.24, 2.45) is 0 Å². The number of hydrogen-bond donors (Lipinski definition) is 2. The van der Waals surface area contributed by atoms with Crippen LogP contribution in [-0.2, 0) is 10.0 Å². The maximum Gasteiger partial charge on any atom is 0.213 e. The summed E-state index contributed by atoms with van der Waals surface area (Å²) in [6, 6.07) is 0.419. The van der Waals surface area contributed by atoms with E-state index in [9.17, 15) is 8.42 Å². The molecule has 1 saturated heterocycles. The predicted octanol–water partition coefficient (Wildman–Crippen LogP) is -0.180. The van der Waals surface area contributed by atoms with Gasteiger partial charge in [-0.25, -0.2) is 13.1 Å². The normalized spacial score (nSPS) is 29.4. The molecule has 1 aliphatic heterocycles. The smallest absolute Gasteiger partial charge is 0.213 e. The van der Waals surface area contributed by atoms with E-state index in [0.717, 1.165) is 32.2 Å². The van der Waals surface area contributed by atoms with Gasteiger partial charge in [-0.1, -0.05) is 0 Å². The Kier molecular flexibility index (Phi) is 2.58. The van der Waals surface area contributed by atoms with Crippen LogP contribution >= 0.6 is 0 Å². The molecule has 2 rings (SSSR count). The molecule has 0 aromatic carbocycles. The van der Waals surface area contributed by atoms with Crippen LogP contribution in [0, 0.1) is 0 Å². The summed E-state index contributed by atoms with van der Waals surface area (Å²) in [5.41, 5.74) is 0. The number of nitrogens with one attached hydrogen (secondary N) is 2. The largest absolute Gasteiger partial charge is 0.313 e. The molecule has 2 fully saturated rings. The number of hydrogen-bond acceptors (Lipinski definition) is 3. The lowest BCUT2D eigenvalue weighted by Gasteiger charge is -2.10. The van der Waals surface area contributed by atoms with Crippen LogP contribution in [0.4, 0.5) is 0 Å². The van der Waals surface area contributed by atoms with E-state index in [1.807, 2.05) is 0 Å². The second kappa shape index (κ2) is 3.55. The van der Waals surface area contributed by atoms with Gasteiger partial charge in [-0.2, -0.15) is 0 Å². The molecule has 0 spiro atoms. The zero-order chi connectivity index (χ0) is 9.31. The first-order valence-corrected chi connectivity index (χ1v) is 6.54. The molecule has 1 aliphatic carbocycles. The molecular weight excluding hydrogens is 188 g/mol. The Morgan fingerprint density at radius 3 is 2.62 bits per heavy atom. The minimum absolute atomic E-state index is 0.177. The molecule has 0 aromatic rings. The van der Waals surface area contributed by atoms with Crippen molar-refractivity contribution in [1.29, 1.82) is 0 Å². The van der Waals surface area contributed by atoms with Crippen molar-refractivity contribution in [3.05, 3.63) is 0 Å². The van der Waals surface area contributed by atoms with E-state index in [1.165, 1.54) is 0 Å². The van der Waals surface area contributed by atoms with Crippen molar-refractivity contribution in [3.63, 3.8) is 0 Å². The van der Waals surface area contributed by atoms with Gasteiger partial charge in [0.05, 0.1) is 5.75 Å². The van der Waals surface area contributed by atoms with Gasteiger partial charge < -0.3 is 5.32 Å². The Hall–Kier alpha value is -0.130. The fraction of sp³-hybridized carbons (Fsp3) is 1.00. The zero-order valence-corrected chi connectivity index (χ0v) is 8.44. The van der Waals surface area contributed by atoms with Crippen molar-refractivity contribution in [1.82, 2.24) is 10.0 Å². The molecule has 0 amide bonds. The molecule has 2 N–H and O–H groups in total. The van der Waals surface area contributed by atoms with Crippen LogP contribution in [0.5, 0.6) is 0 Å². The van der Waals surface area contributed by atoms with Gasteiger partial charge in [-0.3, -0.25) is 0 Å². The van der Waals surface area contributed by atoms with Crippen LogP contribution in [-0.4, -0.2) is 32.8 Å². The Morgan fingerprint density at radius 1 is 1.31 bits per heavy atom. The SMILES string of the molecule is O=S(=O)(C[C@H]1CCCN1)NC1CC1. The lowest BCUT2D eigenvalue weighted by molar-refractivity contribution is 0.563. The lowest BCUT2D eigenvalue weighted by atomic mass is 10.3. The van der Waals surface area contributed by atoms with Crippen molar-refractivity contribution in [2.45, 2.75) is 37.8 Å². The van der Waals surface area contributed by atoms with E-state index in [0.29, 0.717) is 0 Å². The molecule has 1 atom stereocenters. The minimum atomic E-state index is -3.01. The average Bonchev–Trinajstić information content (AvgIpc) is 2.64. The van der Waals surface area contributed by atoms with Crippen LogP contribution in [0.15, 0.2) is 0 Å². The molecule has 1 heterocycles. The third-order valence-electron chi connectivity index (χ3n) is 2.51. The van der Waals surface area contributed by atoms with Crippen LogP contribution in [0.25, 0.3) is 0 Å². The van der Waals surface area contributed by atoms with E-state index in [4.69, 9.17) is 0 Å². The molecule has 4 nitrogen and oxygen atoms in total. The molecule has 76 valence electrons. The van der Waals surface area contributed by atoms with E-state index in [-0.39, 0.29) is 17.8 Å². The maximum absolute atomic E-state index is 11.5. The van der Waals surface area contributed by atoms with Gasteiger partial charge in [0, 0.05) is 12.1 Å². The van der Waals surface area contributed by atoms with Crippen LogP contribution < -0.4 is 10.0 Å². The third-order valence-corrected chi connectivity index (χ3v) is 4.04. The predicted molar refractivity (Wildman–Crippen MR) is 51.0 cm³/mol. The highest BCUT2D eigenvalue weighted by Gasteiger charge is 2.29. The summed E-state index contributed by atoms with van der Waals surface area (Å²) in [5, 5.41) is 3.19. The summed E-state index contributed by atoms with van der Waals surface area (Å²) >= 11 is 0. The first-order chi connectivity index (χ1) is 6.16. The highest BCUT2D eigenvalue weighted by atomic mass is 32.2. The first-order valence-electron chi connectivity index (χ1n) is 4.89. The van der Waals surface area contributed by atoms with Gasteiger partial charge in [0.2, 0.25) is 10.0 Å². The summed E-state index contributed by atoms with van der Waals surface area (Å²) in [6.45, 7) is 0.962. The van der Waals surface area contributed by atoms with Gasteiger partial charge in [0.25, 0.3) is 0 Å². The summed E-state index contributed by atoms with van der Waals surface area (Å²) in [7, 11) is -3.01. The Bertz CT molecular complexity index is 266. The molecule has 13 heavy (non-hydrogen) atoms. The zero-order valence-electron chi connectivity index (χ0n) is 7.62. The fourth-order valence-corrected chi connectivity index (χ4v) is 3.32. The maximum atomic E-state index is 11.5. The van der Waals surface area contributed by atoms with Crippen molar-refractivity contribution < 1.29 is 8.42 Å². The van der Waals surface area contributed by atoms with Gasteiger partial charge in [-0.15, -0.1) is 0 Å². The topological polar surface area (TPSA) is 58.2 Å². The minimum Gasteiger partial charge on any atom is -0.313 e. The quantitative estimate of drug-likeness (QED) is 0.668. The fourth-order valence-electron chi connectivity index (χ4n) is 1.67. The van der Waals surface area contributed by atoms with Crippen molar-refractivity contribution >= 4 is 10.0 Å². The van der Waals surface area contributed by atoms with E-state index >= 15 is 0 Å². The standard InChI is InChI=1S/C8H16N2O2S/c11-13(12,10-7-3-4-7)6-8-2-1-5-9-8/h7-10H,1-6H2/t8-/m1/s1. The Morgan fingerprint density at radius 2 is 2.08 bits per heavy atom. The number of rotatable bonds is 4. The highest BCUT2D eigenvalue weighted by molar-refractivity contribution is 7.89. The highest BCUT2D eigenvalue weighted by Crippen LogP contribution is 2.20. The Balaban J connectivity index is 1.83. The molecule has 5 heteroatoms. The number of sulfonamides is 1. The third kappa shape index (κ3) is 2.93. The second-order valence-corrected chi connectivity index (χ2v) is 5.77.